The number of alkyl halides is 2. The van der Waals surface area contributed by atoms with Crippen LogP contribution in [0.4, 0.5) is 14.5 Å². The van der Waals surface area contributed by atoms with E-state index in [0.717, 1.165) is 11.3 Å². The van der Waals surface area contributed by atoms with Gasteiger partial charge in [0.2, 0.25) is 0 Å². The van der Waals surface area contributed by atoms with E-state index in [1.54, 1.807) is 6.07 Å². The van der Waals surface area contributed by atoms with Crippen molar-refractivity contribution in [2.45, 2.75) is 26.3 Å². The molecular formula is C10H13F2N. The first-order valence-corrected chi connectivity index (χ1v) is 4.21. The monoisotopic (exact) mass is 185 g/mol. The molecule has 3 heteroatoms. The number of halogens is 2. The van der Waals surface area contributed by atoms with Gasteiger partial charge in [-0.3, -0.25) is 0 Å². The maximum Gasteiger partial charge on any atom is 0.258 e. The number of nitrogens with one attached hydrogen (secondary N) is 1. The summed E-state index contributed by atoms with van der Waals surface area (Å²) in [6.07, 6.45) is -2.33. The number of hydrogen-bond donors (Lipinski definition) is 1. The number of rotatable bonds is 3. The second-order valence-electron chi connectivity index (χ2n) is 3.08. The number of hydrogen-bond acceptors (Lipinski definition) is 1. The zero-order valence-corrected chi connectivity index (χ0v) is 7.72. The van der Waals surface area contributed by atoms with Gasteiger partial charge < -0.3 is 5.32 Å². The average molecular weight is 185 g/mol. The van der Waals surface area contributed by atoms with E-state index in [4.69, 9.17) is 0 Å². The van der Waals surface area contributed by atoms with Crippen molar-refractivity contribution >= 4 is 5.69 Å². The molecule has 0 saturated carbocycles. The Labute approximate surface area is 76.8 Å². The number of para-hydroxylation sites is 1. The number of anilines is 1. The van der Waals surface area contributed by atoms with E-state index in [2.05, 4.69) is 5.32 Å². The molecule has 1 N–H and O–H groups in total. The molecule has 1 nitrogen and oxygen atoms in total. The van der Waals surface area contributed by atoms with Gasteiger partial charge in [-0.05, 0) is 25.5 Å². The van der Waals surface area contributed by atoms with Crippen LogP contribution in [0.15, 0.2) is 24.3 Å². The summed E-state index contributed by atoms with van der Waals surface area (Å²) in [6.45, 7) is 3.36. The Morgan fingerprint density at radius 3 is 2.38 bits per heavy atom. The maximum absolute atomic E-state index is 12.2. The molecule has 1 aromatic carbocycles. The van der Waals surface area contributed by atoms with Gasteiger partial charge in [0.25, 0.3) is 6.43 Å². The van der Waals surface area contributed by atoms with Crippen molar-refractivity contribution in [3.8, 4) is 0 Å². The smallest absolute Gasteiger partial charge is 0.258 e. The molecule has 0 radical (unpaired) electrons. The first kappa shape index (κ1) is 9.96. The summed E-state index contributed by atoms with van der Waals surface area (Å²) in [5.74, 6) is 0. The van der Waals surface area contributed by atoms with Crippen LogP contribution < -0.4 is 5.32 Å². The van der Waals surface area contributed by atoms with E-state index in [-0.39, 0.29) is 0 Å². The Morgan fingerprint density at radius 1 is 1.23 bits per heavy atom. The zero-order chi connectivity index (χ0) is 9.84. The highest BCUT2D eigenvalue weighted by Gasteiger charge is 2.14. The fourth-order valence-electron chi connectivity index (χ4n) is 1.04. The van der Waals surface area contributed by atoms with Crippen LogP contribution >= 0.6 is 0 Å². The minimum absolute atomic E-state index is 0.773. The van der Waals surface area contributed by atoms with E-state index in [9.17, 15) is 8.78 Å². The van der Waals surface area contributed by atoms with E-state index in [1.165, 1.54) is 6.92 Å². The van der Waals surface area contributed by atoms with Gasteiger partial charge in [0.1, 0.15) is 0 Å². The molecule has 1 rings (SSSR count). The summed E-state index contributed by atoms with van der Waals surface area (Å²) in [5, 5.41) is 2.76. The summed E-state index contributed by atoms with van der Waals surface area (Å²) >= 11 is 0. The minimum Gasteiger partial charge on any atom is -0.377 e. The molecule has 72 valence electrons. The van der Waals surface area contributed by atoms with Crippen LogP contribution in [0, 0.1) is 6.92 Å². The Morgan fingerprint density at radius 2 is 1.85 bits per heavy atom. The third-order valence-corrected chi connectivity index (χ3v) is 1.91. The second kappa shape index (κ2) is 4.21. The third kappa shape index (κ3) is 2.68. The predicted octanol–water partition coefficient (Wildman–Crippen LogP) is 3.06. The fourth-order valence-corrected chi connectivity index (χ4v) is 1.04. The molecule has 0 aromatic heterocycles. The van der Waals surface area contributed by atoms with Crippen molar-refractivity contribution < 1.29 is 8.78 Å². The molecule has 0 aliphatic heterocycles. The Hall–Kier alpha value is -1.12. The van der Waals surface area contributed by atoms with Crippen molar-refractivity contribution in [1.29, 1.82) is 0 Å². The summed E-state index contributed by atoms with van der Waals surface area (Å²) < 4.78 is 24.4. The molecule has 0 aliphatic rings. The van der Waals surface area contributed by atoms with Gasteiger partial charge in [0.15, 0.2) is 0 Å². The first-order valence-electron chi connectivity index (χ1n) is 4.21. The van der Waals surface area contributed by atoms with Gasteiger partial charge >= 0.3 is 0 Å². The minimum atomic E-state index is -2.33. The van der Waals surface area contributed by atoms with E-state index >= 15 is 0 Å². The van der Waals surface area contributed by atoms with E-state index in [1.807, 2.05) is 25.1 Å². The maximum atomic E-state index is 12.2. The van der Waals surface area contributed by atoms with Crippen molar-refractivity contribution in [2.75, 3.05) is 5.32 Å². The van der Waals surface area contributed by atoms with Gasteiger partial charge in [-0.15, -0.1) is 0 Å². The van der Waals surface area contributed by atoms with Gasteiger partial charge in [-0.2, -0.15) is 0 Å². The summed E-state index contributed by atoms with van der Waals surface area (Å²) in [6, 6.07) is 6.59. The molecule has 0 bridgehead atoms. The van der Waals surface area contributed by atoms with Gasteiger partial charge in [-0.1, -0.05) is 18.2 Å². The molecular weight excluding hydrogens is 172 g/mol. The SMILES string of the molecule is Cc1ccccc1NC(C)C(F)F. The van der Waals surface area contributed by atoms with Gasteiger partial charge in [0.05, 0.1) is 6.04 Å². The van der Waals surface area contributed by atoms with Crippen molar-refractivity contribution in [1.82, 2.24) is 0 Å². The summed E-state index contributed by atoms with van der Waals surface area (Å²) in [4.78, 5) is 0. The largest absolute Gasteiger partial charge is 0.377 e. The second-order valence-corrected chi connectivity index (χ2v) is 3.08. The lowest BCUT2D eigenvalue weighted by atomic mass is 10.2. The van der Waals surface area contributed by atoms with Gasteiger partial charge in [0, 0.05) is 5.69 Å². The number of benzene rings is 1. The average Bonchev–Trinajstić information content (AvgIpc) is 2.08. The number of aryl methyl sites for hydroxylation is 1. The quantitative estimate of drug-likeness (QED) is 0.763. The Balaban J connectivity index is 2.69. The van der Waals surface area contributed by atoms with Crippen LogP contribution in [0.2, 0.25) is 0 Å². The predicted molar refractivity (Wildman–Crippen MR) is 50.3 cm³/mol. The zero-order valence-electron chi connectivity index (χ0n) is 7.72. The Bertz CT molecular complexity index is 273. The Kier molecular flexibility index (Phi) is 3.23. The van der Waals surface area contributed by atoms with Gasteiger partial charge in [-0.25, -0.2) is 8.78 Å². The van der Waals surface area contributed by atoms with Crippen LogP contribution in [0.25, 0.3) is 0 Å². The van der Waals surface area contributed by atoms with Crippen molar-refractivity contribution in [3.05, 3.63) is 29.8 Å². The van der Waals surface area contributed by atoms with E-state index in [0.29, 0.717) is 0 Å². The molecule has 0 amide bonds. The van der Waals surface area contributed by atoms with Crippen molar-refractivity contribution in [3.63, 3.8) is 0 Å². The first-order chi connectivity index (χ1) is 6.11. The topological polar surface area (TPSA) is 12.0 Å². The van der Waals surface area contributed by atoms with Crippen molar-refractivity contribution in [2.24, 2.45) is 0 Å². The summed E-state index contributed by atoms with van der Waals surface area (Å²) in [7, 11) is 0. The summed E-state index contributed by atoms with van der Waals surface area (Å²) in [5.41, 5.74) is 1.75. The molecule has 1 atom stereocenters. The van der Waals surface area contributed by atoms with Crippen LogP contribution in [-0.4, -0.2) is 12.5 Å². The molecule has 1 aromatic rings. The van der Waals surface area contributed by atoms with Crippen LogP contribution in [0.3, 0.4) is 0 Å². The normalized spacial score (nSPS) is 13.0. The molecule has 0 fully saturated rings. The highest BCUT2D eigenvalue weighted by Crippen LogP contribution is 2.16. The van der Waals surface area contributed by atoms with E-state index < -0.39 is 12.5 Å². The van der Waals surface area contributed by atoms with Crippen LogP contribution in [0.1, 0.15) is 12.5 Å². The molecule has 13 heavy (non-hydrogen) atoms. The molecule has 0 aliphatic carbocycles. The lowest BCUT2D eigenvalue weighted by molar-refractivity contribution is 0.130. The lowest BCUT2D eigenvalue weighted by Crippen LogP contribution is -2.24. The fraction of sp³-hybridized carbons (Fsp3) is 0.400. The molecule has 0 heterocycles. The van der Waals surface area contributed by atoms with Crippen LogP contribution in [0.5, 0.6) is 0 Å². The third-order valence-electron chi connectivity index (χ3n) is 1.91. The standard InChI is InChI=1S/C10H13F2N/c1-7-5-3-4-6-9(7)13-8(2)10(11)12/h3-6,8,10,13H,1-2H3. The molecule has 0 saturated heterocycles. The molecule has 1 unspecified atom stereocenters. The van der Waals surface area contributed by atoms with Crippen LogP contribution in [-0.2, 0) is 0 Å². The molecule has 0 spiro atoms. The highest BCUT2D eigenvalue weighted by molar-refractivity contribution is 5.50. The highest BCUT2D eigenvalue weighted by atomic mass is 19.3. The lowest BCUT2D eigenvalue weighted by Gasteiger charge is -2.15.